The van der Waals surface area contributed by atoms with Gasteiger partial charge in [-0.3, -0.25) is 24.6 Å². The fourth-order valence-corrected chi connectivity index (χ4v) is 5.09. The monoisotopic (exact) mass is 513 g/mol. The van der Waals surface area contributed by atoms with Gasteiger partial charge in [0.1, 0.15) is 0 Å². The van der Waals surface area contributed by atoms with Crippen molar-refractivity contribution in [1.29, 1.82) is 0 Å². The third kappa shape index (κ3) is 5.63. The average molecular weight is 514 g/mol. The number of carbonyl (C=O) groups is 2. The largest absolute Gasteiger partial charge is 0.490 e. The van der Waals surface area contributed by atoms with E-state index in [1.54, 1.807) is 35.2 Å². The van der Waals surface area contributed by atoms with E-state index in [9.17, 15) is 19.7 Å². The minimum Gasteiger partial charge on any atom is -0.490 e. The summed E-state index contributed by atoms with van der Waals surface area (Å²) in [6.45, 7) is 3.69. The van der Waals surface area contributed by atoms with Gasteiger partial charge in [-0.2, -0.15) is 0 Å². The van der Waals surface area contributed by atoms with E-state index in [2.05, 4.69) is 0 Å². The van der Waals surface area contributed by atoms with E-state index in [-0.39, 0.29) is 28.4 Å². The molecule has 9 nitrogen and oxygen atoms in total. The number of rotatable bonds is 8. The molecule has 0 atom stereocenters. The smallest absolute Gasteiger partial charge is 0.271 e. The Balaban J connectivity index is 1.52. The van der Waals surface area contributed by atoms with Crippen LogP contribution in [-0.4, -0.2) is 52.3 Å². The van der Waals surface area contributed by atoms with E-state index < -0.39 is 4.92 Å². The van der Waals surface area contributed by atoms with Crippen LogP contribution in [0.4, 0.5) is 11.4 Å². The molecule has 2 aliphatic rings. The number of likely N-dealkylation sites (tertiary alicyclic amines) is 1. The Bertz CT molecular complexity index is 1210. The van der Waals surface area contributed by atoms with Crippen molar-refractivity contribution in [2.75, 3.05) is 31.2 Å². The molecule has 182 valence electrons. The highest BCUT2D eigenvalue weighted by Crippen LogP contribution is 2.38. The average Bonchev–Trinajstić information content (AvgIpc) is 3.47. The summed E-state index contributed by atoms with van der Waals surface area (Å²) in [6.07, 6.45) is 3.70. The van der Waals surface area contributed by atoms with E-state index in [0.717, 1.165) is 37.7 Å². The lowest BCUT2D eigenvalue weighted by Crippen LogP contribution is -2.32. The van der Waals surface area contributed by atoms with Crippen LogP contribution in [0.1, 0.15) is 25.3 Å². The predicted octanol–water partition coefficient (Wildman–Crippen LogP) is 4.40. The van der Waals surface area contributed by atoms with Gasteiger partial charge in [-0.1, -0.05) is 36.1 Å². The minimum absolute atomic E-state index is 0.0566. The Labute approximate surface area is 211 Å². The van der Waals surface area contributed by atoms with E-state index in [1.807, 2.05) is 6.92 Å². The van der Waals surface area contributed by atoms with Crippen LogP contribution in [-0.2, 0) is 9.59 Å². The van der Waals surface area contributed by atoms with E-state index in [4.69, 9.17) is 21.7 Å². The first kappa shape index (κ1) is 24.7. The molecule has 0 bridgehead atoms. The zero-order valence-corrected chi connectivity index (χ0v) is 20.6. The molecule has 0 aliphatic carbocycles. The van der Waals surface area contributed by atoms with Crippen molar-refractivity contribution in [2.24, 2.45) is 0 Å². The maximum absolute atomic E-state index is 13.1. The van der Waals surface area contributed by atoms with E-state index in [0.29, 0.717) is 34.3 Å². The van der Waals surface area contributed by atoms with Crippen LogP contribution >= 0.6 is 24.0 Å². The topological polar surface area (TPSA) is 102 Å². The maximum Gasteiger partial charge on any atom is 0.271 e. The minimum atomic E-state index is -0.519. The van der Waals surface area contributed by atoms with Gasteiger partial charge in [0.25, 0.3) is 17.5 Å². The molecule has 2 aromatic carbocycles. The first-order valence-electron chi connectivity index (χ1n) is 11.1. The molecule has 2 heterocycles. The number of thiocarbonyl (C=S) groups is 1. The lowest BCUT2D eigenvalue weighted by molar-refractivity contribution is -0.384. The van der Waals surface area contributed by atoms with Gasteiger partial charge in [0.15, 0.2) is 22.4 Å². The summed E-state index contributed by atoms with van der Waals surface area (Å²) < 4.78 is 11.7. The Morgan fingerprint density at radius 1 is 1.17 bits per heavy atom. The Morgan fingerprint density at radius 3 is 2.66 bits per heavy atom. The second kappa shape index (κ2) is 10.9. The van der Waals surface area contributed by atoms with Crippen molar-refractivity contribution in [1.82, 2.24) is 4.90 Å². The molecule has 0 saturated carbocycles. The van der Waals surface area contributed by atoms with Crippen molar-refractivity contribution in [3.63, 3.8) is 0 Å². The number of ether oxygens (including phenoxy) is 2. The molecule has 11 heteroatoms. The summed E-state index contributed by atoms with van der Waals surface area (Å²) in [4.78, 5) is 39.4. The van der Waals surface area contributed by atoms with Crippen LogP contribution in [0.3, 0.4) is 0 Å². The van der Waals surface area contributed by atoms with Crippen LogP contribution in [0.2, 0.25) is 0 Å². The number of nitro benzene ring substituents is 1. The third-order valence-corrected chi connectivity index (χ3v) is 6.77. The summed E-state index contributed by atoms with van der Waals surface area (Å²) in [6, 6.07) is 11.0. The number of nitrogens with zero attached hydrogens (tertiary/aromatic N) is 3. The molecule has 0 N–H and O–H groups in total. The van der Waals surface area contributed by atoms with Crippen LogP contribution in [0, 0.1) is 10.1 Å². The first-order chi connectivity index (χ1) is 16.9. The van der Waals surface area contributed by atoms with Gasteiger partial charge < -0.3 is 14.4 Å². The molecular formula is C24H23N3O6S2. The highest BCUT2D eigenvalue weighted by Gasteiger charge is 2.34. The van der Waals surface area contributed by atoms with Crippen molar-refractivity contribution in [2.45, 2.75) is 19.8 Å². The molecule has 2 aliphatic heterocycles. The summed E-state index contributed by atoms with van der Waals surface area (Å²) >= 11 is 6.49. The van der Waals surface area contributed by atoms with Crippen LogP contribution in [0.25, 0.3) is 6.08 Å². The molecule has 2 saturated heterocycles. The Hall–Kier alpha value is -3.44. The van der Waals surface area contributed by atoms with Crippen LogP contribution in [0.15, 0.2) is 47.4 Å². The Morgan fingerprint density at radius 2 is 1.94 bits per heavy atom. The van der Waals surface area contributed by atoms with Crippen molar-refractivity contribution < 1.29 is 24.0 Å². The van der Waals surface area contributed by atoms with E-state index in [1.165, 1.54) is 23.1 Å². The normalized spacial score (nSPS) is 16.8. The molecule has 0 radical (unpaired) electrons. The van der Waals surface area contributed by atoms with Crippen LogP contribution < -0.4 is 14.4 Å². The van der Waals surface area contributed by atoms with Gasteiger partial charge in [0, 0.05) is 25.2 Å². The van der Waals surface area contributed by atoms with Crippen LogP contribution in [0.5, 0.6) is 11.5 Å². The van der Waals surface area contributed by atoms with Gasteiger partial charge in [-0.25, -0.2) is 0 Å². The number of anilines is 1. The second-order valence-corrected chi connectivity index (χ2v) is 9.49. The summed E-state index contributed by atoms with van der Waals surface area (Å²) in [5.74, 6) is 0.485. The fourth-order valence-electron chi connectivity index (χ4n) is 3.79. The van der Waals surface area contributed by atoms with Gasteiger partial charge >= 0.3 is 0 Å². The molecular weight excluding hydrogens is 490 g/mol. The lowest BCUT2D eigenvalue weighted by atomic mass is 10.1. The lowest BCUT2D eigenvalue weighted by Gasteiger charge is -2.17. The van der Waals surface area contributed by atoms with Gasteiger partial charge in [0.05, 0.1) is 22.1 Å². The van der Waals surface area contributed by atoms with Crippen molar-refractivity contribution in [3.8, 4) is 11.5 Å². The zero-order valence-electron chi connectivity index (χ0n) is 19.0. The number of hydrogen-bond acceptors (Lipinski definition) is 8. The molecule has 0 unspecified atom stereocenters. The first-order valence-corrected chi connectivity index (χ1v) is 12.3. The SMILES string of the molecule is CCOc1cc(/C=C2/SC(=S)N(c3cccc([N+](=O)[O-])c3)C2=O)ccc1OCC(=O)N1CCCC1. The number of carbonyl (C=O) groups excluding carboxylic acids is 2. The number of thioether (sulfide) groups is 1. The zero-order chi connectivity index (χ0) is 24.9. The molecule has 0 aromatic heterocycles. The highest BCUT2D eigenvalue weighted by molar-refractivity contribution is 8.27. The predicted molar refractivity (Wildman–Crippen MR) is 138 cm³/mol. The van der Waals surface area contributed by atoms with Crippen molar-refractivity contribution >= 4 is 57.6 Å². The van der Waals surface area contributed by atoms with E-state index >= 15 is 0 Å². The second-order valence-electron chi connectivity index (χ2n) is 7.81. The molecule has 35 heavy (non-hydrogen) atoms. The van der Waals surface area contributed by atoms with Gasteiger partial charge in [-0.15, -0.1) is 0 Å². The summed E-state index contributed by atoms with van der Waals surface area (Å²) in [5.41, 5.74) is 0.901. The number of nitro groups is 1. The summed E-state index contributed by atoms with van der Waals surface area (Å²) in [7, 11) is 0. The van der Waals surface area contributed by atoms with Gasteiger partial charge in [0.2, 0.25) is 0 Å². The van der Waals surface area contributed by atoms with Gasteiger partial charge in [-0.05, 0) is 49.6 Å². The Kier molecular flexibility index (Phi) is 7.67. The third-order valence-electron chi connectivity index (χ3n) is 5.47. The number of hydrogen-bond donors (Lipinski definition) is 0. The summed E-state index contributed by atoms with van der Waals surface area (Å²) in [5, 5.41) is 11.1. The molecule has 2 amide bonds. The quantitative estimate of drug-likeness (QED) is 0.222. The molecule has 2 aromatic rings. The number of amides is 2. The molecule has 2 fully saturated rings. The van der Waals surface area contributed by atoms with Crippen molar-refractivity contribution in [3.05, 3.63) is 63.0 Å². The fraction of sp³-hybridized carbons (Fsp3) is 0.292. The number of non-ortho nitro benzene ring substituents is 1. The highest BCUT2D eigenvalue weighted by atomic mass is 32.2. The standard InChI is InChI=1S/C24H23N3O6S2/c1-2-32-20-12-16(8-9-19(20)33-15-22(28)25-10-3-4-11-25)13-21-23(29)26(24(34)35-21)17-6-5-7-18(14-17)27(30)31/h5-9,12-14H,2-4,10-11,15H2,1H3/b21-13+. The number of benzene rings is 2. The molecule has 4 rings (SSSR count). The maximum atomic E-state index is 13.1. The molecule has 0 spiro atoms.